The molecule has 0 N–H and O–H groups in total. The molecule has 3 nitrogen and oxygen atoms in total. The first kappa shape index (κ1) is 19.0. The molecule has 0 radical (unpaired) electrons. The van der Waals surface area contributed by atoms with Crippen LogP contribution < -0.4 is 4.90 Å². The Kier molecular flexibility index (Phi) is 5.60. The molecule has 1 aromatic heterocycles. The van der Waals surface area contributed by atoms with Gasteiger partial charge in [-0.15, -0.1) is 11.3 Å². The highest BCUT2D eigenvalue weighted by molar-refractivity contribution is 7.14. The van der Waals surface area contributed by atoms with Gasteiger partial charge >= 0.3 is 0 Å². The summed E-state index contributed by atoms with van der Waals surface area (Å²) >= 11 is 1.75. The first-order chi connectivity index (χ1) is 14.9. The number of thiazole rings is 1. The molecule has 150 valence electrons. The molecule has 0 aliphatic carbocycles. The predicted octanol–water partition coefficient (Wildman–Crippen LogP) is 5.72. The van der Waals surface area contributed by atoms with E-state index in [9.17, 15) is 0 Å². The van der Waals surface area contributed by atoms with Crippen molar-refractivity contribution in [2.45, 2.75) is 6.04 Å². The van der Waals surface area contributed by atoms with Crippen molar-refractivity contribution in [1.82, 2.24) is 9.88 Å². The van der Waals surface area contributed by atoms with Crippen LogP contribution in [0.15, 0.2) is 96.4 Å². The summed E-state index contributed by atoms with van der Waals surface area (Å²) in [5.41, 5.74) is 4.98. The van der Waals surface area contributed by atoms with Gasteiger partial charge in [0.25, 0.3) is 0 Å². The molecule has 30 heavy (non-hydrogen) atoms. The molecule has 0 unspecified atom stereocenters. The molecular formula is C26H25N3S. The van der Waals surface area contributed by atoms with Crippen LogP contribution in [-0.4, -0.2) is 36.1 Å². The SMILES string of the molecule is c1ccc(-c2csc(N3CCN(C(c4ccccc4)c4ccccc4)CC3)n2)cc1. The fraction of sp³-hybridized carbons (Fsp3) is 0.192. The zero-order valence-electron chi connectivity index (χ0n) is 16.9. The smallest absolute Gasteiger partial charge is 0.185 e. The quantitative estimate of drug-likeness (QED) is 0.419. The molecule has 0 bridgehead atoms. The van der Waals surface area contributed by atoms with Crippen molar-refractivity contribution in [1.29, 1.82) is 0 Å². The average Bonchev–Trinajstić information content (AvgIpc) is 3.32. The van der Waals surface area contributed by atoms with E-state index in [0.29, 0.717) is 6.04 Å². The molecule has 0 saturated carbocycles. The first-order valence-electron chi connectivity index (χ1n) is 10.5. The Morgan fingerprint density at radius 1 is 0.667 bits per heavy atom. The topological polar surface area (TPSA) is 19.4 Å². The van der Waals surface area contributed by atoms with Crippen LogP contribution in [0.3, 0.4) is 0 Å². The van der Waals surface area contributed by atoms with E-state index in [4.69, 9.17) is 4.98 Å². The van der Waals surface area contributed by atoms with Gasteiger partial charge in [0, 0.05) is 37.1 Å². The monoisotopic (exact) mass is 411 g/mol. The van der Waals surface area contributed by atoms with Gasteiger partial charge in [-0.25, -0.2) is 4.98 Å². The summed E-state index contributed by atoms with van der Waals surface area (Å²) in [5, 5.41) is 3.30. The summed E-state index contributed by atoms with van der Waals surface area (Å²) in [6, 6.07) is 32.5. The van der Waals surface area contributed by atoms with Crippen LogP contribution >= 0.6 is 11.3 Å². The van der Waals surface area contributed by atoms with Gasteiger partial charge in [-0.3, -0.25) is 4.90 Å². The molecule has 0 amide bonds. The minimum absolute atomic E-state index is 0.297. The summed E-state index contributed by atoms with van der Waals surface area (Å²) in [6.45, 7) is 4.04. The van der Waals surface area contributed by atoms with E-state index in [1.807, 2.05) is 6.07 Å². The third-order valence-electron chi connectivity index (χ3n) is 5.74. The van der Waals surface area contributed by atoms with Crippen LogP contribution in [0, 0.1) is 0 Å². The second kappa shape index (κ2) is 8.82. The van der Waals surface area contributed by atoms with Crippen LogP contribution in [0.2, 0.25) is 0 Å². The molecule has 0 atom stereocenters. The number of nitrogens with zero attached hydrogens (tertiary/aromatic N) is 3. The number of anilines is 1. The van der Waals surface area contributed by atoms with Gasteiger partial charge in [-0.1, -0.05) is 91.0 Å². The van der Waals surface area contributed by atoms with E-state index in [1.54, 1.807) is 11.3 Å². The normalized spacial score (nSPS) is 14.9. The third-order valence-corrected chi connectivity index (χ3v) is 6.64. The molecule has 1 saturated heterocycles. The Morgan fingerprint density at radius 2 is 1.20 bits per heavy atom. The summed E-state index contributed by atoms with van der Waals surface area (Å²) in [5.74, 6) is 0. The van der Waals surface area contributed by atoms with Crippen LogP contribution in [0.1, 0.15) is 17.2 Å². The summed E-state index contributed by atoms with van der Waals surface area (Å²) < 4.78 is 0. The van der Waals surface area contributed by atoms with Gasteiger partial charge in [0.05, 0.1) is 11.7 Å². The zero-order chi connectivity index (χ0) is 20.2. The van der Waals surface area contributed by atoms with E-state index in [0.717, 1.165) is 37.0 Å². The van der Waals surface area contributed by atoms with Crippen molar-refractivity contribution < 1.29 is 0 Å². The van der Waals surface area contributed by atoms with Gasteiger partial charge in [0.2, 0.25) is 0 Å². The Balaban J connectivity index is 1.33. The molecule has 4 aromatic rings. The molecule has 2 heterocycles. The van der Waals surface area contributed by atoms with Gasteiger partial charge in [0.15, 0.2) is 5.13 Å². The Bertz CT molecular complexity index is 1020. The number of aromatic nitrogens is 1. The minimum Gasteiger partial charge on any atom is -0.346 e. The molecule has 1 aliphatic rings. The highest BCUT2D eigenvalue weighted by Crippen LogP contribution is 2.32. The highest BCUT2D eigenvalue weighted by atomic mass is 32.1. The predicted molar refractivity (Wildman–Crippen MR) is 126 cm³/mol. The molecule has 0 spiro atoms. The average molecular weight is 412 g/mol. The third kappa shape index (κ3) is 4.02. The second-order valence-corrected chi connectivity index (χ2v) is 8.46. The van der Waals surface area contributed by atoms with Crippen molar-refractivity contribution in [3.63, 3.8) is 0 Å². The van der Waals surface area contributed by atoms with Gasteiger partial charge in [-0.05, 0) is 11.1 Å². The van der Waals surface area contributed by atoms with E-state index in [1.165, 1.54) is 16.7 Å². The summed E-state index contributed by atoms with van der Waals surface area (Å²) in [6.07, 6.45) is 0. The molecule has 1 aliphatic heterocycles. The van der Waals surface area contributed by atoms with Crippen molar-refractivity contribution in [2.24, 2.45) is 0 Å². The molecule has 3 aromatic carbocycles. The second-order valence-electron chi connectivity index (χ2n) is 7.63. The lowest BCUT2D eigenvalue weighted by atomic mass is 9.96. The van der Waals surface area contributed by atoms with E-state index in [2.05, 4.69) is 100 Å². The number of benzene rings is 3. The zero-order valence-corrected chi connectivity index (χ0v) is 17.7. The Hall–Kier alpha value is -2.95. The fourth-order valence-corrected chi connectivity index (χ4v) is 5.10. The summed E-state index contributed by atoms with van der Waals surface area (Å²) in [7, 11) is 0. The highest BCUT2D eigenvalue weighted by Gasteiger charge is 2.27. The van der Waals surface area contributed by atoms with Gasteiger partial charge in [0.1, 0.15) is 0 Å². The van der Waals surface area contributed by atoms with E-state index in [-0.39, 0.29) is 0 Å². The van der Waals surface area contributed by atoms with E-state index >= 15 is 0 Å². The van der Waals surface area contributed by atoms with Crippen molar-refractivity contribution >= 4 is 16.5 Å². The van der Waals surface area contributed by atoms with Crippen LogP contribution in [-0.2, 0) is 0 Å². The van der Waals surface area contributed by atoms with E-state index < -0.39 is 0 Å². The number of rotatable bonds is 5. The number of hydrogen-bond acceptors (Lipinski definition) is 4. The first-order valence-corrected chi connectivity index (χ1v) is 11.4. The molecule has 4 heteroatoms. The van der Waals surface area contributed by atoms with Gasteiger partial charge in [-0.2, -0.15) is 0 Å². The van der Waals surface area contributed by atoms with Crippen LogP contribution in [0.25, 0.3) is 11.3 Å². The lowest BCUT2D eigenvalue weighted by molar-refractivity contribution is 0.212. The Labute approximate surface area is 182 Å². The van der Waals surface area contributed by atoms with Crippen molar-refractivity contribution in [3.05, 3.63) is 108 Å². The standard InChI is InChI=1S/C26H25N3S/c1-4-10-21(11-5-1)24-20-30-26(27-24)29-18-16-28(17-19-29)25(22-12-6-2-7-13-22)23-14-8-3-9-15-23/h1-15,20,25H,16-19H2. The maximum atomic E-state index is 4.92. The molecule has 1 fully saturated rings. The van der Waals surface area contributed by atoms with Gasteiger partial charge < -0.3 is 4.90 Å². The number of piperazine rings is 1. The lowest BCUT2D eigenvalue weighted by Gasteiger charge is -2.39. The molecular weight excluding hydrogens is 386 g/mol. The minimum atomic E-state index is 0.297. The van der Waals surface area contributed by atoms with Crippen molar-refractivity contribution in [2.75, 3.05) is 31.1 Å². The summed E-state index contributed by atoms with van der Waals surface area (Å²) in [4.78, 5) is 9.95. The lowest BCUT2D eigenvalue weighted by Crippen LogP contribution is -2.48. The Morgan fingerprint density at radius 3 is 1.77 bits per heavy atom. The molecule has 5 rings (SSSR count). The van der Waals surface area contributed by atoms with Crippen molar-refractivity contribution in [3.8, 4) is 11.3 Å². The fourth-order valence-electron chi connectivity index (χ4n) is 4.21. The van der Waals surface area contributed by atoms with Crippen LogP contribution in [0.5, 0.6) is 0 Å². The van der Waals surface area contributed by atoms with Crippen LogP contribution in [0.4, 0.5) is 5.13 Å². The largest absolute Gasteiger partial charge is 0.346 e. The maximum Gasteiger partial charge on any atom is 0.185 e. The maximum absolute atomic E-state index is 4.92. The number of hydrogen-bond donors (Lipinski definition) is 0.